The van der Waals surface area contributed by atoms with Gasteiger partial charge in [-0.25, -0.2) is 14.4 Å². The van der Waals surface area contributed by atoms with Crippen molar-refractivity contribution in [3.05, 3.63) is 54.4 Å². The molecule has 3 rings (SSSR count). The number of nitrogens with zero attached hydrogens (tertiary/aromatic N) is 3. The molecule has 0 fully saturated rings. The summed E-state index contributed by atoms with van der Waals surface area (Å²) in [4.78, 5) is 12.5. The lowest BCUT2D eigenvalue weighted by Gasteiger charge is -2.19. The van der Waals surface area contributed by atoms with Crippen molar-refractivity contribution >= 4 is 16.7 Å². The number of nitrogens with one attached hydrogen (secondary N) is 1. The smallest absolute Gasteiger partial charge is 0.167 e. The van der Waals surface area contributed by atoms with Gasteiger partial charge in [-0.3, -0.25) is 4.98 Å². The summed E-state index contributed by atoms with van der Waals surface area (Å²) in [6.45, 7) is 2.09. The van der Waals surface area contributed by atoms with Crippen molar-refractivity contribution in [2.75, 3.05) is 12.4 Å². The number of fused-ring (bicyclic) bond motifs is 1. The van der Waals surface area contributed by atoms with Crippen molar-refractivity contribution in [3.8, 4) is 5.75 Å². The predicted octanol–water partition coefficient (Wildman–Crippen LogP) is 3.74. The summed E-state index contributed by atoms with van der Waals surface area (Å²) >= 11 is 0. The van der Waals surface area contributed by atoms with Gasteiger partial charge in [0.1, 0.15) is 12.1 Å². The largest absolute Gasteiger partial charge is 0.494 e. The first kappa shape index (κ1) is 15.1. The SMILES string of the molecule is CCC(Nc1ncnc2cc(F)c(OC)cc12)c1ccncc1. The monoisotopic (exact) mass is 312 g/mol. The van der Waals surface area contributed by atoms with Crippen LogP contribution in [0.1, 0.15) is 24.9 Å². The van der Waals surface area contributed by atoms with Gasteiger partial charge in [-0.15, -0.1) is 0 Å². The molecule has 0 radical (unpaired) electrons. The van der Waals surface area contributed by atoms with Crippen molar-refractivity contribution in [2.24, 2.45) is 0 Å². The van der Waals surface area contributed by atoms with Crippen molar-refractivity contribution in [3.63, 3.8) is 0 Å². The summed E-state index contributed by atoms with van der Waals surface area (Å²) in [5.74, 6) is 0.384. The topological polar surface area (TPSA) is 59.9 Å². The van der Waals surface area contributed by atoms with Crippen LogP contribution in [0.2, 0.25) is 0 Å². The number of halogens is 1. The first-order chi connectivity index (χ1) is 11.2. The Morgan fingerprint density at radius 1 is 1.22 bits per heavy atom. The molecule has 5 nitrogen and oxygen atoms in total. The Morgan fingerprint density at radius 2 is 2.00 bits per heavy atom. The third-order valence-corrected chi connectivity index (χ3v) is 3.74. The second-order valence-electron chi connectivity index (χ2n) is 5.11. The van der Waals surface area contributed by atoms with Gasteiger partial charge in [0, 0.05) is 23.8 Å². The minimum atomic E-state index is -0.439. The molecule has 3 aromatic rings. The fourth-order valence-corrected chi connectivity index (χ4v) is 2.51. The lowest BCUT2D eigenvalue weighted by atomic mass is 10.1. The highest BCUT2D eigenvalue weighted by Gasteiger charge is 2.14. The van der Waals surface area contributed by atoms with Gasteiger partial charge in [0.2, 0.25) is 0 Å². The second kappa shape index (κ2) is 6.56. The first-order valence-electron chi connectivity index (χ1n) is 7.37. The maximum Gasteiger partial charge on any atom is 0.167 e. The van der Waals surface area contributed by atoms with Crippen LogP contribution in [0.25, 0.3) is 10.9 Å². The van der Waals surface area contributed by atoms with Gasteiger partial charge in [0.15, 0.2) is 11.6 Å². The quantitative estimate of drug-likeness (QED) is 0.778. The number of ether oxygens (including phenoxy) is 1. The molecule has 0 bridgehead atoms. The molecule has 0 saturated carbocycles. The minimum Gasteiger partial charge on any atom is -0.494 e. The fraction of sp³-hybridized carbons (Fsp3) is 0.235. The number of anilines is 1. The van der Waals surface area contributed by atoms with Crippen LogP contribution >= 0.6 is 0 Å². The van der Waals surface area contributed by atoms with E-state index in [0.717, 1.165) is 17.4 Å². The van der Waals surface area contributed by atoms with E-state index in [1.165, 1.54) is 19.5 Å². The molecule has 118 valence electrons. The molecular weight excluding hydrogens is 295 g/mol. The molecule has 1 atom stereocenters. The molecule has 0 aliphatic heterocycles. The lowest BCUT2D eigenvalue weighted by molar-refractivity contribution is 0.387. The molecule has 23 heavy (non-hydrogen) atoms. The van der Waals surface area contributed by atoms with Crippen LogP contribution in [0, 0.1) is 5.82 Å². The van der Waals surface area contributed by atoms with Crippen molar-refractivity contribution < 1.29 is 9.13 Å². The number of pyridine rings is 1. The van der Waals surface area contributed by atoms with Gasteiger partial charge in [0.05, 0.1) is 18.7 Å². The maximum absolute atomic E-state index is 13.8. The maximum atomic E-state index is 13.8. The van der Waals surface area contributed by atoms with Crippen LogP contribution < -0.4 is 10.1 Å². The third kappa shape index (κ3) is 3.06. The average molecular weight is 312 g/mol. The van der Waals surface area contributed by atoms with Gasteiger partial charge >= 0.3 is 0 Å². The summed E-state index contributed by atoms with van der Waals surface area (Å²) in [5.41, 5.74) is 1.65. The molecule has 6 heteroatoms. The van der Waals surface area contributed by atoms with Crippen molar-refractivity contribution in [2.45, 2.75) is 19.4 Å². The van der Waals surface area contributed by atoms with Gasteiger partial charge < -0.3 is 10.1 Å². The fourth-order valence-electron chi connectivity index (χ4n) is 2.51. The molecule has 1 N–H and O–H groups in total. The molecule has 0 spiro atoms. The van der Waals surface area contributed by atoms with Crippen LogP contribution in [0.3, 0.4) is 0 Å². The zero-order valence-electron chi connectivity index (χ0n) is 13.0. The van der Waals surface area contributed by atoms with E-state index in [4.69, 9.17) is 4.74 Å². The lowest BCUT2D eigenvalue weighted by Crippen LogP contribution is -2.11. The minimum absolute atomic E-state index is 0.0761. The van der Waals surface area contributed by atoms with Gasteiger partial charge in [-0.05, 0) is 30.2 Å². The van der Waals surface area contributed by atoms with Crippen LogP contribution in [-0.2, 0) is 0 Å². The zero-order valence-corrected chi connectivity index (χ0v) is 13.0. The summed E-state index contributed by atoms with van der Waals surface area (Å²) in [6, 6.07) is 6.98. The Morgan fingerprint density at radius 3 is 2.70 bits per heavy atom. The van der Waals surface area contributed by atoms with E-state index in [2.05, 4.69) is 27.2 Å². The van der Waals surface area contributed by atoms with Crippen LogP contribution in [0.5, 0.6) is 5.75 Å². The van der Waals surface area contributed by atoms with Crippen LogP contribution in [-0.4, -0.2) is 22.1 Å². The standard InChI is InChI=1S/C17H17FN4O/c1-3-14(11-4-6-19-7-5-11)22-17-12-8-16(23-2)13(18)9-15(12)20-10-21-17/h4-10,14H,3H2,1-2H3,(H,20,21,22). The second-order valence-corrected chi connectivity index (χ2v) is 5.11. The highest BCUT2D eigenvalue weighted by molar-refractivity contribution is 5.90. The van der Waals surface area contributed by atoms with Crippen molar-refractivity contribution in [1.82, 2.24) is 15.0 Å². The Hall–Kier alpha value is -2.76. The number of methoxy groups -OCH3 is 1. The van der Waals surface area contributed by atoms with Crippen LogP contribution in [0.4, 0.5) is 10.2 Å². The van der Waals surface area contributed by atoms with E-state index >= 15 is 0 Å². The van der Waals surface area contributed by atoms with E-state index in [1.54, 1.807) is 18.5 Å². The molecule has 0 saturated heterocycles. The molecule has 2 aromatic heterocycles. The third-order valence-electron chi connectivity index (χ3n) is 3.74. The predicted molar refractivity (Wildman–Crippen MR) is 86.9 cm³/mol. The van der Waals surface area contributed by atoms with Gasteiger partial charge in [-0.2, -0.15) is 0 Å². The molecule has 0 aliphatic carbocycles. The highest BCUT2D eigenvalue weighted by atomic mass is 19.1. The number of hydrogen-bond acceptors (Lipinski definition) is 5. The van der Waals surface area contributed by atoms with Gasteiger partial charge in [-0.1, -0.05) is 6.92 Å². The number of hydrogen-bond donors (Lipinski definition) is 1. The number of aromatic nitrogens is 3. The van der Waals surface area contributed by atoms with Crippen molar-refractivity contribution in [1.29, 1.82) is 0 Å². The van der Waals surface area contributed by atoms with E-state index in [1.807, 2.05) is 12.1 Å². The average Bonchev–Trinajstić information content (AvgIpc) is 2.59. The van der Waals surface area contributed by atoms with E-state index in [0.29, 0.717) is 11.3 Å². The zero-order chi connectivity index (χ0) is 16.2. The Bertz CT molecular complexity index is 810. The Labute approximate surface area is 133 Å². The van der Waals surface area contributed by atoms with Gasteiger partial charge in [0.25, 0.3) is 0 Å². The van der Waals surface area contributed by atoms with E-state index < -0.39 is 5.82 Å². The molecule has 2 heterocycles. The Balaban J connectivity index is 2.02. The molecule has 1 aromatic carbocycles. The Kier molecular flexibility index (Phi) is 4.32. The summed E-state index contributed by atoms with van der Waals surface area (Å²) < 4.78 is 18.9. The van der Waals surface area contributed by atoms with E-state index in [-0.39, 0.29) is 11.8 Å². The molecule has 0 aliphatic rings. The number of rotatable bonds is 5. The summed E-state index contributed by atoms with van der Waals surface area (Å²) in [6.07, 6.45) is 5.82. The summed E-state index contributed by atoms with van der Waals surface area (Å²) in [5, 5.41) is 4.12. The highest BCUT2D eigenvalue weighted by Crippen LogP contribution is 2.30. The van der Waals surface area contributed by atoms with Crippen LogP contribution in [0.15, 0.2) is 43.0 Å². The molecular formula is C17H17FN4O. The molecule has 0 amide bonds. The normalized spacial score (nSPS) is 12.1. The van der Waals surface area contributed by atoms with E-state index in [9.17, 15) is 4.39 Å². The first-order valence-corrected chi connectivity index (χ1v) is 7.37. The summed E-state index contributed by atoms with van der Waals surface area (Å²) in [7, 11) is 1.44. The number of benzene rings is 1. The molecule has 1 unspecified atom stereocenters.